The average Bonchev–Trinajstić information content (AvgIpc) is 3.29. The smallest absolute Gasteiger partial charge is 0.325 e. The van der Waals surface area contributed by atoms with E-state index in [0.717, 1.165) is 51.4 Å². The van der Waals surface area contributed by atoms with Crippen molar-refractivity contribution in [2.24, 2.45) is 0 Å². The fourth-order valence-electron chi connectivity index (χ4n) is 2.72. The molecule has 0 radical (unpaired) electrons. The number of carbonyl (C=O) groups is 1. The summed E-state index contributed by atoms with van der Waals surface area (Å²) < 4.78 is 4.95. The van der Waals surface area contributed by atoms with Gasteiger partial charge in [0, 0.05) is 6.04 Å². The largest absolute Gasteiger partial charge is 0.468 e. The first-order chi connectivity index (χ1) is 9.57. The molecule has 0 bridgehead atoms. The van der Waals surface area contributed by atoms with Crippen molar-refractivity contribution in [2.75, 3.05) is 26.7 Å². The Balaban J connectivity index is 2.31. The Kier molecular flexibility index (Phi) is 7.52. The summed E-state index contributed by atoms with van der Waals surface area (Å²) in [5.74, 6) is -0.138. The van der Waals surface area contributed by atoms with Gasteiger partial charge in [-0.25, -0.2) is 0 Å². The van der Waals surface area contributed by atoms with E-state index in [4.69, 9.17) is 4.74 Å². The second-order valence-corrected chi connectivity index (χ2v) is 6.07. The van der Waals surface area contributed by atoms with Crippen molar-refractivity contribution in [3.63, 3.8) is 0 Å². The number of ether oxygens (including phenoxy) is 1. The molecule has 0 aromatic carbocycles. The van der Waals surface area contributed by atoms with Gasteiger partial charge >= 0.3 is 5.97 Å². The predicted molar refractivity (Wildman–Crippen MR) is 82.8 cm³/mol. The molecule has 1 fully saturated rings. The van der Waals surface area contributed by atoms with Crippen LogP contribution in [0.2, 0.25) is 0 Å². The van der Waals surface area contributed by atoms with Gasteiger partial charge in [-0.05, 0) is 65.1 Å². The number of hydrogen-bond donors (Lipinski definition) is 1. The molecule has 1 aliphatic rings. The Morgan fingerprint density at radius 2 is 2.05 bits per heavy atom. The lowest BCUT2D eigenvalue weighted by Crippen LogP contribution is -2.50. The maximum Gasteiger partial charge on any atom is 0.325 e. The van der Waals surface area contributed by atoms with Crippen LogP contribution in [0.5, 0.6) is 0 Å². The van der Waals surface area contributed by atoms with E-state index in [1.807, 2.05) is 6.92 Å². The normalized spacial score (nSPS) is 18.1. The molecule has 1 aliphatic carbocycles. The van der Waals surface area contributed by atoms with Crippen LogP contribution < -0.4 is 5.32 Å². The molecule has 1 unspecified atom stereocenters. The van der Waals surface area contributed by atoms with Gasteiger partial charge in [-0.1, -0.05) is 13.8 Å². The molecule has 0 heterocycles. The van der Waals surface area contributed by atoms with Crippen molar-refractivity contribution in [1.29, 1.82) is 0 Å². The van der Waals surface area contributed by atoms with Crippen LogP contribution in [-0.4, -0.2) is 49.2 Å². The van der Waals surface area contributed by atoms with Crippen molar-refractivity contribution in [3.8, 4) is 0 Å². The van der Waals surface area contributed by atoms with Crippen LogP contribution in [0.1, 0.15) is 59.3 Å². The minimum Gasteiger partial charge on any atom is -0.468 e. The molecule has 0 aromatic rings. The van der Waals surface area contributed by atoms with Crippen LogP contribution in [0.3, 0.4) is 0 Å². The zero-order chi connectivity index (χ0) is 15.0. The SMILES string of the molecule is CCCNC(C)(CCCCN(CC)C1CC1)C(=O)OC. The maximum atomic E-state index is 11.9. The zero-order valence-corrected chi connectivity index (χ0v) is 13.7. The van der Waals surface area contributed by atoms with E-state index in [-0.39, 0.29) is 5.97 Å². The molecule has 0 spiro atoms. The first-order valence-electron chi connectivity index (χ1n) is 8.14. The van der Waals surface area contributed by atoms with Crippen LogP contribution in [-0.2, 0) is 9.53 Å². The van der Waals surface area contributed by atoms with E-state index in [1.54, 1.807) is 0 Å². The summed E-state index contributed by atoms with van der Waals surface area (Å²) in [4.78, 5) is 14.5. The molecule has 1 N–H and O–H groups in total. The lowest BCUT2D eigenvalue weighted by molar-refractivity contribution is -0.148. The number of nitrogens with zero attached hydrogens (tertiary/aromatic N) is 1. The summed E-state index contributed by atoms with van der Waals surface area (Å²) in [6, 6.07) is 0.838. The highest BCUT2D eigenvalue weighted by Gasteiger charge is 2.33. The van der Waals surface area contributed by atoms with Crippen LogP contribution in [0, 0.1) is 0 Å². The van der Waals surface area contributed by atoms with Crippen LogP contribution >= 0.6 is 0 Å². The molecule has 4 nitrogen and oxygen atoms in total. The fourth-order valence-corrected chi connectivity index (χ4v) is 2.72. The summed E-state index contributed by atoms with van der Waals surface area (Å²) >= 11 is 0. The minimum absolute atomic E-state index is 0.138. The first-order valence-corrected chi connectivity index (χ1v) is 8.14. The van der Waals surface area contributed by atoms with Crippen LogP contribution in [0.15, 0.2) is 0 Å². The molecular formula is C16H32N2O2. The fraction of sp³-hybridized carbons (Fsp3) is 0.938. The second kappa shape index (κ2) is 8.63. The molecule has 0 amide bonds. The molecule has 0 saturated heterocycles. The van der Waals surface area contributed by atoms with E-state index in [1.165, 1.54) is 20.0 Å². The summed E-state index contributed by atoms with van der Waals surface area (Å²) in [6.07, 6.45) is 6.83. The van der Waals surface area contributed by atoms with Gasteiger partial charge in [0.15, 0.2) is 0 Å². The van der Waals surface area contributed by atoms with Gasteiger partial charge in [-0.2, -0.15) is 0 Å². The number of unbranched alkanes of at least 4 members (excludes halogenated alkanes) is 1. The third kappa shape index (κ3) is 5.41. The predicted octanol–water partition coefficient (Wildman–Crippen LogP) is 2.57. The van der Waals surface area contributed by atoms with E-state index >= 15 is 0 Å². The topological polar surface area (TPSA) is 41.6 Å². The lowest BCUT2D eigenvalue weighted by atomic mass is 9.94. The molecule has 20 heavy (non-hydrogen) atoms. The van der Waals surface area contributed by atoms with Gasteiger partial charge in [0.05, 0.1) is 7.11 Å². The molecule has 118 valence electrons. The van der Waals surface area contributed by atoms with Crippen molar-refractivity contribution in [2.45, 2.75) is 70.9 Å². The van der Waals surface area contributed by atoms with E-state index < -0.39 is 5.54 Å². The molecule has 4 heteroatoms. The van der Waals surface area contributed by atoms with Crippen molar-refractivity contribution >= 4 is 5.97 Å². The van der Waals surface area contributed by atoms with Crippen LogP contribution in [0.25, 0.3) is 0 Å². The maximum absolute atomic E-state index is 11.9. The third-order valence-corrected chi connectivity index (χ3v) is 4.24. The number of rotatable bonds is 11. The highest BCUT2D eigenvalue weighted by atomic mass is 16.5. The Labute approximate surface area is 124 Å². The average molecular weight is 284 g/mol. The third-order valence-electron chi connectivity index (χ3n) is 4.24. The molecule has 1 saturated carbocycles. The number of hydrogen-bond acceptors (Lipinski definition) is 4. The Morgan fingerprint density at radius 1 is 1.35 bits per heavy atom. The lowest BCUT2D eigenvalue weighted by Gasteiger charge is -2.28. The van der Waals surface area contributed by atoms with Crippen molar-refractivity contribution < 1.29 is 9.53 Å². The Morgan fingerprint density at radius 3 is 2.55 bits per heavy atom. The van der Waals surface area contributed by atoms with E-state index in [2.05, 4.69) is 24.1 Å². The zero-order valence-electron chi connectivity index (χ0n) is 13.7. The minimum atomic E-state index is -0.526. The van der Waals surface area contributed by atoms with Gasteiger partial charge in [0.2, 0.25) is 0 Å². The van der Waals surface area contributed by atoms with Gasteiger partial charge in [0.1, 0.15) is 5.54 Å². The van der Waals surface area contributed by atoms with Crippen molar-refractivity contribution in [1.82, 2.24) is 10.2 Å². The molecule has 0 aliphatic heterocycles. The number of esters is 1. The molecular weight excluding hydrogens is 252 g/mol. The number of carbonyl (C=O) groups excluding carboxylic acids is 1. The van der Waals surface area contributed by atoms with Gasteiger partial charge in [0.25, 0.3) is 0 Å². The summed E-state index contributed by atoms with van der Waals surface area (Å²) in [6.45, 7) is 9.47. The summed E-state index contributed by atoms with van der Waals surface area (Å²) in [5, 5.41) is 3.35. The molecule has 1 atom stereocenters. The first kappa shape index (κ1) is 17.4. The Bertz CT molecular complexity index is 292. The van der Waals surface area contributed by atoms with E-state index in [0.29, 0.717) is 0 Å². The van der Waals surface area contributed by atoms with Gasteiger partial charge < -0.3 is 15.0 Å². The molecule has 1 rings (SSSR count). The van der Waals surface area contributed by atoms with Crippen LogP contribution in [0.4, 0.5) is 0 Å². The number of methoxy groups -OCH3 is 1. The van der Waals surface area contributed by atoms with Crippen molar-refractivity contribution in [3.05, 3.63) is 0 Å². The van der Waals surface area contributed by atoms with E-state index in [9.17, 15) is 4.79 Å². The standard InChI is InChI=1S/C16H32N2O2/c1-5-12-17-16(3,15(19)20-4)11-7-8-13-18(6-2)14-9-10-14/h14,17H,5-13H2,1-4H3. The quantitative estimate of drug-likeness (QED) is 0.468. The summed E-state index contributed by atoms with van der Waals surface area (Å²) in [5.41, 5.74) is -0.526. The highest BCUT2D eigenvalue weighted by molar-refractivity contribution is 5.80. The second-order valence-electron chi connectivity index (χ2n) is 6.07. The number of nitrogens with one attached hydrogen (secondary N) is 1. The monoisotopic (exact) mass is 284 g/mol. The van der Waals surface area contributed by atoms with Gasteiger partial charge in [-0.15, -0.1) is 0 Å². The van der Waals surface area contributed by atoms with Gasteiger partial charge in [-0.3, -0.25) is 4.79 Å². The Hall–Kier alpha value is -0.610. The molecule has 0 aromatic heterocycles. The summed E-state index contributed by atoms with van der Waals surface area (Å²) in [7, 11) is 1.47. The highest BCUT2D eigenvalue weighted by Crippen LogP contribution is 2.27.